The molecule has 0 aliphatic rings. The lowest BCUT2D eigenvalue weighted by Gasteiger charge is -2.17. The molecule has 0 saturated heterocycles. The maximum atomic E-state index is 12.1. The molecular formula is C18H26N4O2. The van der Waals surface area contributed by atoms with E-state index in [1.54, 1.807) is 6.20 Å². The van der Waals surface area contributed by atoms with E-state index in [9.17, 15) is 4.79 Å². The normalized spacial score (nSPS) is 11.1. The Morgan fingerprint density at radius 2 is 2.04 bits per heavy atom. The number of imidazole rings is 1. The van der Waals surface area contributed by atoms with Gasteiger partial charge in [-0.1, -0.05) is 0 Å². The average Bonchev–Trinajstić information content (AvgIpc) is 2.92. The van der Waals surface area contributed by atoms with Gasteiger partial charge in [0.15, 0.2) is 0 Å². The van der Waals surface area contributed by atoms with Crippen LogP contribution in [0, 0.1) is 6.92 Å². The highest BCUT2D eigenvalue weighted by atomic mass is 16.5. The monoisotopic (exact) mass is 330 g/mol. The molecule has 0 spiro atoms. The molecule has 0 aliphatic carbocycles. The summed E-state index contributed by atoms with van der Waals surface area (Å²) in [4.78, 5) is 18.3. The molecule has 0 atom stereocenters. The number of hydrogen-bond donors (Lipinski definition) is 1. The van der Waals surface area contributed by atoms with E-state index in [0.717, 1.165) is 30.4 Å². The molecular weight excluding hydrogens is 304 g/mol. The van der Waals surface area contributed by atoms with Gasteiger partial charge in [-0.15, -0.1) is 0 Å². The lowest BCUT2D eigenvalue weighted by atomic mass is 10.3. The zero-order valence-corrected chi connectivity index (χ0v) is 14.8. The molecule has 2 aromatic rings. The Morgan fingerprint density at radius 3 is 2.62 bits per heavy atom. The fourth-order valence-electron chi connectivity index (χ4n) is 2.33. The maximum Gasteiger partial charge on any atom is 0.238 e. The highest BCUT2D eigenvalue weighted by Gasteiger charge is 2.08. The van der Waals surface area contributed by atoms with Gasteiger partial charge in [-0.25, -0.2) is 4.98 Å². The SMILES string of the molecule is Cc1nccn1CCN(C)CC(=O)Nc1ccc(OC(C)C)cc1. The van der Waals surface area contributed by atoms with Crippen molar-refractivity contribution in [1.29, 1.82) is 0 Å². The Labute approximate surface area is 143 Å². The fraction of sp³-hybridized carbons (Fsp3) is 0.444. The number of amides is 1. The minimum Gasteiger partial charge on any atom is -0.491 e. The summed E-state index contributed by atoms with van der Waals surface area (Å²) in [5.41, 5.74) is 0.773. The van der Waals surface area contributed by atoms with Gasteiger partial charge >= 0.3 is 0 Å². The van der Waals surface area contributed by atoms with Crippen LogP contribution < -0.4 is 10.1 Å². The number of benzene rings is 1. The first-order valence-corrected chi connectivity index (χ1v) is 8.17. The molecule has 1 amide bonds. The quantitative estimate of drug-likeness (QED) is 0.808. The number of hydrogen-bond acceptors (Lipinski definition) is 4. The number of carbonyl (C=O) groups excluding carboxylic acids is 1. The number of ether oxygens (including phenoxy) is 1. The Kier molecular flexibility index (Phi) is 6.37. The zero-order valence-electron chi connectivity index (χ0n) is 14.8. The summed E-state index contributed by atoms with van der Waals surface area (Å²) in [7, 11) is 1.94. The van der Waals surface area contributed by atoms with Gasteiger partial charge in [0.2, 0.25) is 5.91 Å². The number of aryl methyl sites for hydroxylation is 1. The molecule has 0 radical (unpaired) electrons. The minimum absolute atomic E-state index is 0.0302. The van der Waals surface area contributed by atoms with E-state index in [1.165, 1.54) is 0 Å². The third-order valence-corrected chi connectivity index (χ3v) is 3.57. The van der Waals surface area contributed by atoms with Gasteiger partial charge in [-0.2, -0.15) is 0 Å². The number of rotatable bonds is 8. The molecule has 0 bridgehead atoms. The molecule has 2 rings (SSSR count). The number of likely N-dealkylation sites (N-methyl/N-ethyl adjacent to an activating group) is 1. The first-order chi connectivity index (χ1) is 11.4. The molecule has 1 aromatic carbocycles. The largest absolute Gasteiger partial charge is 0.491 e. The van der Waals surface area contributed by atoms with Gasteiger partial charge in [-0.3, -0.25) is 9.69 Å². The van der Waals surface area contributed by atoms with Crippen molar-refractivity contribution in [3.05, 3.63) is 42.5 Å². The molecule has 6 heteroatoms. The van der Waals surface area contributed by atoms with Gasteiger partial charge in [0.05, 0.1) is 12.6 Å². The van der Waals surface area contributed by atoms with E-state index < -0.39 is 0 Å². The number of nitrogens with zero attached hydrogens (tertiary/aromatic N) is 3. The Morgan fingerprint density at radius 1 is 1.33 bits per heavy atom. The second kappa shape index (κ2) is 8.49. The van der Waals surface area contributed by atoms with Crippen molar-refractivity contribution >= 4 is 11.6 Å². The standard InChI is InChI=1S/C18H26N4O2/c1-14(2)24-17-7-5-16(6-8-17)20-18(23)13-21(4)11-12-22-10-9-19-15(22)3/h5-10,14H,11-13H2,1-4H3,(H,20,23). The second-order valence-electron chi connectivity index (χ2n) is 6.14. The van der Waals surface area contributed by atoms with Crippen LogP contribution in [0.25, 0.3) is 0 Å². The molecule has 0 aliphatic heterocycles. The van der Waals surface area contributed by atoms with E-state index in [4.69, 9.17) is 4.74 Å². The molecule has 1 N–H and O–H groups in total. The van der Waals surface area contributed by atoms with Crippen LogP contribution in [0.5, 0.6) is 5.75 Å². The maximum absolute atomic E-state index is 12.1. The van der Waals surface area contributed by atoms with Crippen LogP contribution in [0.15, 0.2) is 36.7 Å². The Bertz CT molecular complexity index is 649. The first kappa shape index (κ1) is 18.0. The molecule has 1 heterocycles. The zero-order chi connectivity index (χ0) is 17.5. The Hall–Kier alpha value is -2.34. The van der Waals surface area contributed by atoms with E-state index in [2.05, 4.69) is 14.9 Å². The van der Waals surface area contributed by atoms with E-state index >= 15 is 0 Å². The van der Waals surface area contributed by atoms with Crippen LogP contribution in [0.4, 0.5) is 5.69 Å². The summed E-state index contributed by atoms with van der Waals surface area (Å²) in [5.74, 6) is 1.75. The number of nitrogens with one attached hydrogen (secondary N) is 1. The number of anilines is 1. The van der Waals surface area contributed by atoms with Crippen molar-refractivity contribution in [2.24, 2.45) is 0 Å². The second-order valence-corrected chi connectivity index (χ2v) is 6.14. The minimum atomic E-state index is -0.0302. The third kappa shape index (κ3) is 5.70. The third-order valence-electron chi connectivity index (χ3n) is 3.57. The van der Waals surface area contributed by atoms with Gasteiger partial charge in [-0.05, 0) is 52.1 Å². The van der Waals surface area contributed by atoms with Gasteiger partial charge in [0.1, 0.15) is 11.6 Å². The van der Waals surface area contributed by atoms with Crippen molar-refractivity contribution in [2.75, 3.05) is 25.5 Å². The van der Waals surface area contributed by atoms with Crippen molar-refractivity contribution < 1.29 is 9.53 Å². The van der Waals surface area contributed by atoms with Crippen LogP contribution in [0.2, 0.25) is 0 Å². The van der Waals surface area contributed by atoms with Crippen LogP contribution in [0.3, 0.4) is 0 Å². The topological polar surface area (TPSA) is 59.4 Å². The first-order valence-electron chi connectivity index (χ1n) is 8.17. The van der Waals surface area contributed by atoms with Crippen molar-refractivity contribution in [3.8, 4) is 5.75 Å². The molecule has 0 fully saturated rings. The van der Waals surface area contributed by atoms with Crippen molar-refractivity contribution in [2.45, 2.75) is 33.4 Å². The van der Waals surface area contributed by atoms with E-state index in [0.29, 0.717) is 6.54 Å². The van der Waals surface area contributed by atoms with Gasteiger partial charge in [0.25, 0.3) is 0 Å². The number of aromatic nitrogens is 2. The predicted molar refractivity (Wildman–Crippen MR) is 95.3 cm³/mol. The Balaban J connectivity index is 1.76. The summed E-state index contributed by atoms with van der Waals surface area (Å²) in [6.45, 7) is 7.88. The summed E-state index contributed by atoms with van der Waals surface area (Å²) >= 11 is 0. The number of carbonyl (C=O) groups is 1. The van der Waals surface area contributed by atoms with Crippen molar-refractivity contribution in [1.82, 2.24) is 14.5 Å². The lowest BCUT2D eigenvalue weighted by molar-refractivity contribution is -0.117. The van der Waals surface area contributed by atoms with Crippen LogP contribution in [-0.2, 0) is 11.3 Å². The summed E-state index contributed by atoms with van der Waals surface area (Å²) in [6, 6.07) is 7.43. The fourth-order valence-corrected chi connectivity index (χ4v) is 2.33. The molecule has 130 valence electrons. The van der Waals surface area contributed by atoms with E-state index in [1.807, 2.05) is 63.2 Å². The van der Waals surface area contributed by atoms with Crippen molar-refractivity contribution in [3.63, 3.8) is 0 Å². The van der Waals surface area contributed by atoms with Gasteiger partial charge < -0.3 is 14.6 Å². The summed E-state index contributed by atoms with van der Waals surface area (Å²) in [5, 5.41) is 2.90. The molecule has 1 aromatic heterocycles. The van der Waals surface area contributed by atoms with Crippen LogP contribution in [-0.4, -0.2) is 46.6 Å². The molecule has 6 nitrogen and oxygen atoms in total. The highest BCUT2D eigenvalue weighted by Crippen LogP contribution is 2.16. The molecule has 0 saturated carbocycles. The molecule has 24 heavy (non-hydrogen) atoms. The summed E-state index contributed by atoms with van der Waals surface area (Å²) in [6.07, 6.45) is 3.87. The lowest BCUT2D eigenvalue weighted by Crippen LogP contribution is -2.32. The van der Waals surface area contributed by atoms with E-state index in [-0.39, 0.29) is 12.0 Å². The smallest absolute Gasteiger partial charge is 0.238 e. The molecule has 0 unspecified atom stereocenters. The van der Waals surface area contributed by atoms with Crippen LogP contribution in [0.1, 0.15) is 19.7 Å². The predicted octanol–water partition coefficient (Wildman–Crippen LogP) is 2.55. The summed E-state index contributed by atoms with van der Waals surface area (Å²) < 4.78 is 7.66. The van der Waals surface area contributed by atoms with Gasteiger partial charge in [0, 0.05) is 31.2 Å². The van der Waals surface area contributed by atoms with Crippen LogP contribution >= 0.6 is 0 Å². The average molecular weight is 330 g/mol. The highest BCUT2D eigenvalue weighted by molar-refractivity contribution is 5.92.